The molecular weight excluding hydrogens is 690 g/mol. The summed E-state index contributed by atoms with van der Waals surface area (Å²) in [6.07, 6.45) is 17.2. The number of rotatable bonds is 45. The van der Waals surface area contributed by atoms with E-state index >= 15 is 0 Å². The van der Waals surface area contributed by atoms with Crippen LogP contribution in [0.1, 0.15) is 103 Å². The van der Waals surface area contributed by atoms with Crippen molar-refractivity contribution in [1.29, 1.82) is 0 Å². The highest BCUT2D eigenvalue weighted by molar-refractivity contribution is 5.77. The predicted molar refractivity (Wildman–Crippen MR) is 203 cm³/mol. The van der Waals surface area contributed by atoms with Crippen LogP contribution >= 0.6 is 0 Å². The number of hydrogen-bond acceptors (Lipinski definition) is 12. The number of nitrogens with one attached hydrogen (secondary N) is 2. The number of carboxylic acid groups (broad SMARTS) is 1. The smallest absolute Gasteiger partial charge is 0.303 e. The third-order valence-corrected chi connectivity index (χ3v) is 7.91. The molecule has 2 amide bonds. The maximum absolute atomic E-state index is 12.0. The lowest BCUT2D eigenvalue weighted by atomic mass is 10.0. The van der Waals surface area contributed by atoms with Crippen LogP contribution in [0.15, 0.2) is 0 Å². The summed E-state index contributed by atoms with van der Waals surface area (Å²) in [5.41, 5.74) is 5.33. The summed E-state index contributed by atoms with van der Waals surface area (Å²) in [6, 6.07) is 0. The Kier molecular flexibility index (Phi) is 42.8. The topological polar surface area (TPSA) is 195 Å². The molecule has 0 aliphatic carbocycles. The lowest BCUT2D eigenvalue weighted by Gasteiger charge is -2.09. The molecule has 0 aromatic heterocycles. The van der Waals surface area contributed by atoms with Crippen molar-refractivity contribution in [2.45, 2.75) is 103 Å². The molecule has 0 saturated carbocycles. The van der Waals surface area contributed by atoms with E-state index in [0.717, 1.165) is 32.1 Å². The van der Waals surface area contributed by atoms with E-state index in [1.807, 2.05) is 0 Å². The van der Waals surface area contributed by atoms with E-state index in [1.54, 1.807) is 0 Å². The first-order valence-electron chi connectivity index (χ1n) is 20.1. The number of carbonyl (C=O) groups is 3. The number of aliphatic carboxylic acids is 1. The molecule has 15 nitrogen and oxygen atoms in total. The Hall–Kier alpha value is -1.95. The number of hydrogen-bond donors (Lipinski definition) is 4. The fourth-order valence-electron chi connectivity index (χ4n) is 5.02. The van der Waals surface area contributed by atoms with E-state index in [-0.39, 0.29) is 18.4 Å². The maximum Gasteiger partial charge on any atom is 0.303 e. The third kappa shape index (κ3) is 46.1. The van der Waals surface area contributed by atoms with E-state index in [2.05, 4.69) is 10.6 Å². The number of amides is 2. The molecule has 53 heavy (non-hydrogen) atoms. The third-order valence-electron chi connectivity index (χ3n) is 7.91. The zero-order valence-corrected chi connectivity index (χ0v) is 32.8. The summed E-state index contributed by atoms with van der Waals surface area (Å²) >= 11 is 0. The van der Waals surface area contributed by atoms with Gasteiger partial charge in [-0.05, 0) is 12.8 Å². The van der Waals surface area contributed by atoms with E-state index in [4.69, 9.17) is 48.7 Å². The van der Waals surface area contributed by atoms with Gasteiger partial charge in [-0.15, -0.1) is 0 Å². The summed E-state index contributed by atoms with van der Waals surface area (Å²) in [5.74, 6) is -0.830. The Labute approximate surface area is 319 Å². The van der Waals surface area contributed by atoms with Crippen LogP contribution in [0.4, 0.5) is 0 Å². The summed E-state index contributed by atoms with van der Waals surface area (Å²) in [6.45, 7) is 8.11. The molecule has 0 saturated heterocycles. The van der Waals surface area contributed by atoms with Crippen LogP contribution in [0, 0.1) is 0 Å². The van der Waals surface area contributed by atoms with Crippen LogP contribution in [-0.4, -0.2) is 148 Å². The van der Waals surface area contributed by atoms with Crippen LogP contribution in [0.25, 0.3) is 0 Å². The lowest BCUT2D eigenvalue weighted by Crippen LogP contribution is -2.31. The van der Waals surface area contributed by atoms with Crippen molar-refractivity contribution in [2.24, 2.45) is 5.73 Å². The van der Waals surface area contributed by atoms with Gasteiger partial charge in [0.15, 0.2) is 0 Å². The van der Waals surface area contributed by atoms with Gasteiger partial charge in [-0.25, -0.2) is 0 Å². The molecule has 314 valence electrons. The maximum atomic E-state index is 12.0. The van der Waals surface area contributed by atoms with Gasteiger partial charge in [0.1, 0.15) is 6.61 Å². The average molecular weight is 766 g/mol. The first-order valence-corrected chi connectivity index (χ1v) is 20.1. The van der Waals surface area contributed by atoms with Crippen LogP contribution < -0.4 is 16.4 Å². The molecule has 0 fully saturated rings. The first-order chi connectivity index (χ1) is 26.1. The molecule has 0 aromatic rings. The molecule has 0 spiro atoms. The summed E-state index contributed by atoms with van der Waals surface area (Å²) in [7, 11) is 0. The Morgan fingerprint density at radius 3 is 1.06 bits per heavy atom. The van der Waals surface area contributed by atoms with Crippen molar-refractivity contribution in [3.05, 3.63) is 0 Å². The number of carboxylic acids is 1. The number of carbonyl (C=O) groups excluding carboxylic acids is 2. The van der Waals surface area contributed by atoms with E-state index in [9.17, 15) is 14.4 Å². The van der Waals surface area contributed by atoms with Crippen LogP contribution in [-0.2, 0) is 52.3 Å². The zero-order chi connectivity index (χ0) is 38.6. The van der Waals surface area contributed by atoms with Crippen molar-refractivity contribution in [3.8, 4) is 0 Å². The minimum absolute atomic E-state index is 0.0433. The molecule has 0 aromatic carbocycles. The molecule has 15 heteroatoms. The monoisotopic (exact) mass is 766 g/mol. The SMILES string of the molecule is NCCOCCOCCOCCOCCOCCNC(=O)COCCOCCOCCNC(=O)CCCCCCCCCCCCCCCCC(=O)O. The van der Waals surface area contributed by atoms with Gasteiger partial charge in [-0.3, -0.25) is 14.4 Å². The van der Waals surface area contributed by atoms with Gasteiger partial charge in [0, 0.05) is 32.5 Å². The van der Waals surface area contributed by atoms with Gasteiger partial charge < -0.3 is 59.4 Å². The highest BCUT2D eigenvalue weighted by Gasteiger charge is 2.03. The summed E-state index contributed by atoms with van der Waals surface area (Å²) in [5, 5.41) is 14.3. The molecule has 0 aliphatic heterocycles. The molecule has 0 atom stereocenters. The standard InChI is InChI=1S/C38H75N3O12/c39-17-20-46-23-26-49-29-31-51-32-30-50-27-24-48-22-19-41-37(43)35-53-34-33-52-28-25-47-21-18-40-36(42)15-13-11-9-7-5-3-1-2-4-6-8-10-12-14-16-38(44)45/h1-35,39H2,(H,40,42)(H,41,43)(H,44,45). The Morgan fingerprint density at radius 1 is 0.377 bits per heavy atom. The van der Waals surface area contributed by atoms with E-state index < -0.39 is 5.97 Å². The van der Waals surface area contributed by atoms with Gasteiger partial charge in [-0.1, -0.05) is 77.0 Å². The van der Waals surface area contributed by atoms with Gasteiger partial charge in [0.05, 0.1) is 99.1 Å². The summed E-state index contributed by atoms with van der Waals surface area (Å²) < 4.78 is 43.1. The number of nitrogens with two attached hydrogens (primary N) is 1. The number of unbranched alkanes of at least 4 members (excludes halogenated alkanes) is 13. The fraction of sp³-hybridized carbons (Fsp3) is 0.921. The van der Waals surface area contributed by atoms with Crippen molar-refractivity contribution in [3.63, 3.8) is 0 Å². The van der Waals surface area contributed by atoms with Crippen LogP contribution in [0.5, 0.6) is 0 Å². The molecule has 0 heterocycles. The largest absolute Gasteiger partial charge is 0.481 e. The van der Waals surface area contributed by atoms with Crippen LogP contribution in [0.3, 0.4) is 0 Å². The lowest BCUT2D eigenvalue weighted by molar-refractivity contribution is -0.137. The van der Waals surface area contributed by atoms with Gasteiger partial charge in [0.25, 0.3) is 0 Å². The highest BCUT2D eigenvalue weighted by atomic mass is 16.6. The molecule has 0 unspecified atom stereocenters. The first kappa shape index (κ1) is 51.0. The van der Waals surface area contributed by atoms with Gasteiger partial charge in [0.2, 0.25) is 11.8 Å². The highest BCUT2D eigenvalue weighted by Crippen LogP contribution is 2.13. The van der Waals surface area contributed by atoms with Crippen molar-refractivity contribution in [2.75, 3.05) is 125 Å². The van der Waals surface area contributed by atoms with E-state index in [0.29, 0.717) is 132 Å². The molecular formula is C38H75N3O12. The number of ether oxygens (including phenoxy) is 8. The quantitative estimate of drug-likeness (QED) is 0.0657. The minimum Gasteiger partial charge on any atom is -0.481 e. The van der Waals surface area contributed by atoms with Gasteiger partial charge in [-0.2, -0.15) is 0 Å². The zero-order valence-electron chi connectivity index (χ0n) is 32.8. The molecule has 0 rings (SSSR count). The van der Waals surface area contributed by atoms with Crippen molar-refractivity contribution >= 4 is 17.8 Å². The predicted octanol–water partition coefficient (Wildman–Crippen LogP) is 3.64. The average Bonchev–Trinajstić information content (AvgIpc) is 3.14. The fourth-order valence-corrected chi connectivity index (χ4v) is 5.02. The Morgan fingerprint density at radius 2 is 0.679 bits per heavy atom. The Balaban J connectivity index is 3.23. The van der Waals surface area contributed by atoms with Gasteiger partial charge >= 0.3 is 5.97 Å². The summed E-state index contributed by atoms with van der Waals surface area (Å²) in [4.78, 5) is 34.3. The van der Waals surface area contributed by atoms with E-state index in [1.165, 1.54) is 57.8 Å². The molecule has 0 radical (unpaired) electrons. The Bertz CT molecular complexity index is 798. The molecule has 0 aliphatic rings. The second-order valence-electron chi connectivity index (χ2n) is 12.7. The molecule has 5 N–H and O–H groups in total. The second kappa shape index (κ2) is 44.4. The molecule has 0 bridgehead atoms. The minimum atomic E-state index is -0.688. The van der Waals surface area contributed by atoms with Crippen molar-refractivity contribution < 1.29 is 57.4 Å². The van der Waals surface area contributed by atoms with Crippen LogP contribution in [0.2, 0.25) is 0 Å². The second-order valence-corrected chi connectivity index (χ2v) is 12.7. The normalized spacial score (nSPS) is 11.3. The van der Waals surface area contributed by atoms with Crippen molar-refractivity contribution in [1.82, 2.24) is 10.6 Å².